The van der Waals surface area contributed by atoms with Crippen LogP contribution in [0.3, 0.4) is 0 Å². The van der Waals surface area contributed by atoms with Gasteiger partial charge in [0, 0.05) is 22.7 Å². The molecule has 1 heterocycles. The summed E-state index contributed by atoms with van der Waals surface area (Å²) < 4.78 is 5.31. The Morgan fingerprint density at radius 3 is 2.86 bits per heavy atom. The summed E-state index contributed by atoms with van der Waals surface area (Å²) in [6.07, 6.45) is 2.16. The summed E-state index contributed by atoms with van der Waals surface area (Å²) >= 11 is 1.68. The van der Waals surface area contributed by atoms with Crippen LogP contribution in [0.2, 0.25) is 0 Å². The van der Waals surface area contributed by atoms with E-state index in [1.54, 1.807) is 36.6 Å². The summed E-state index contributed by atoms with van der Waals surface area (Å²) in [4.78, 5) is 16.0. The molecule has 0 radical (unpaired) electrons. The first kappa shape index (κ1) is 13.9. The molecule has 4 nitrogen and oxygen atoms in total. The number of anilines is 1. The Hall–Kier alpha value is -2.01. The van der Waals surface area contributed by atoms with Crippen LogP contribution in [0.25, 0.3) is 0 Å². The quantitative estimate of drug-likeness (QED) is 0.863. The smallest absolute Gasteiger partial charge is 0.258 e. The van der Waals surface area contributed by atoms with E-state index in [-0.39, 0.29) is 5.91 Å². The minimum Gasteiger partial charge on any atom is -0.496 e. The predicted molar refractivity (Wildman–Crippen MR) is 84.6 cm³/mol. The van der Waals surface area contributed by atoms with Crippen molar-refractivity contribution < 1.29 is 9.53 Å². The number of hydrogen-bond donors (Lipinski definition) is 1. The first-order valence-corrected chi connectivity index (χ1v) is 7.84. The van der Waals surface area contributed by atoms with Crippen LogP contribution in [0.1, 0.15) is 28.1 Å². The second kappa shape index (κ2) is 5.77. The molecule has 21 heavy (non-hydrogen) atoms. The zero-order chi connectivity index (χ0) is 14.8. The number of rotatable bonds is 5. The fourth-order valence-electron chi connectivity index (χ4n) is 2.36. The molecule has 1 aliphatic rings. The van der Waals surface area contributed by atoms with Gasteiger partial charge in [-0.25, -0.2) is 0 Å². The van der Waals surface area contributed by atoms with E-state index < -0.39 is 0 Å². The molecule has 2 N–H and O–H groups in total. The fourth-order valence-corrected chi connectivity index (χ4v) is 3.07. The van der Waals surface area contributed by atoms with Crippen molar-refractivity contribution in [2.75, 3.05) is 12.8 Å². The monoisotopic (exact) mass is 302 g/mol. The molecule has 0 saturated heterocycles. The molecular weight excluding hydrogens is 284 g/mol. The molecule has 0 atom stereocenters. The normalized spacial score (nSPS) is 14.0. The third kappa shape index (κ3) is 3.03. The highest BCUT2D eigenvalue weighted by Gasteiger charge is 2.34. The highest BCUT2D eigenvalue weighted by molar-refractivity contribution is 7.09. The molecule has 0 unspecified atom stereocenters. The summed E-state index contributed by atoms with van der Waals surface area (Å²) in [5.74, 6) is 0.555. The van der Waals surface area contributed by atoms with Crippen molar-refractivity contribution in [1.82, 2.24) is 4.90 Å². The Labute approximate surface area is 128 Å². The van der Waals surface area contributed by atoms with Crippen LogP contribution in [-0.4, -0.2) is 24.0 Å². The SMILES string of the molecule is COc1cc(N)ccc1C(=O)N(Cc1cccs1)C1CC1. The van der Waals surface area contributed by atoms with Gasteiger partial charge in [0.1, 0.15) is 5.75 Å². The van der Waals surface area contributed by atoms with Gasteiger partial charge >= 0.3 is 0 Å². The van der Waals surface area contributed by atoms with Gasteiger partial charge in [0.25, 0.3) is 5.91 Å². The lowest BCUT2D eigenvalue weighted by Crippen LogP contribution is -2.32. The number of ether oxygens (including phenoxy) is 1. The second-order valence-electron chi connectivity index (χ2n) is 5.20. The first-order chi connectivity index (χ1) is 10.2. The Morgan fingerprint density at radius 2 is 2.24 bits per heavy atom. The summed E-state index contributed by atoms with van der Waals surface area (Å²) in [7, 11) is 1.56. The van der Waals surface area contributed by atoms with E-state index in [1.165, 1.54) is 4.88 Å². The van der Waals surface area contributed by atoms with Gasteiger partial charge in [-0.2, -0.15) is 0 Å². The first-order valence-electron chi connectivity index (χ1n) is 6.96. The molecule has 5 heteroatoms. The number of nitrogens with zero attached hydrogens (tertiary/aromatic N) is 1. The van der Waals surface area contributed by atoms with Crippen molar-refractivity contribution in [3.8, 4) is 5.75 Å². The maximum absolute atomic E-state index is 12.9. The van der Waals surface area contributed by atoms with Gasteiger partial charge in [-0.3, -0.25) is 4.79 Å². The Kier molecular flexibility index (Phi) is 3.84. The van der Waals surface area contributed by atoms with Crippen LogP contribution < -0.4 is 10.5 Å². The minimum absolute atomic E-state index is 0.0164. The van der Waals surface area contributed by atoms with Crippen molar-refractivity contribution in [3.63, 3.8) is 0 Å². The van der Waals surface area contributed by atoms with Crippen LogP contribution in [0.5, 0.6) is 5.75 Å². The van der Waals surface area contributed by atoms with E-state index in [0.29, 0.717) is 29.6 Å². The summed E-state index contributed by atoms with van der Waals surface area (Å²) in [6.45, 7) is 0.661. The molecule has 1 amide bonds. The average molecular weight is 302 g/mol. The lowest BCUT2D eigenvalue weighted by Gasteiger charge is -2.23. The van der Waals surface area contributed by atoms with E-state index in [9.17, 15) is 4.79 Å². The van der Waals surface area contributed by atoms with E-state index in [4.69, 9.17) is 10.5 Å². The molecule has 2 aromatic rings. The van der Waals surface area contributed by atoms with Gasteiger partial charge < -0.3 is 15.4 Å². The predicted octanol–water partition coefficient (Wildman–Crippen LogP) is 3.14. The molecule has 1 aromatic carbocycles. The molecule has 110 valence electrons. The lowest BCUT2D eigenvalue weighted by molar-refractivity contribution is 0.0728. The van der Waals surface area contributed by atoms with Gasteiger partial charge in [-0.15, -0.1) is 11.3 Å². The van der Waals surface area contributed by atoms with Crippen molar-refractivity contribution in [3.05, 3.63) is 46.2 Å². The lowest BCUT2D eigenvalue weighted by atomic mass is 10.1. The van der Waals surface area contributed by atoms with Crippen LogP contribution in [-0.2, 0) is 6.54 Å². The number of benzene rings is 1. The molecule has 1 aromatic heterocycles. The minimum atomic E-state index is 0.0164. The molecule has 1 fully saturated rings. The molecule has 0 aliphatic heterocycles. The Balaban J connectivity index is 1.87. The fraction of sp³-hybridized carbons (Fsp3) is 0.312. The third-order valence-corrected chi connectivity index (χ3v) is 4.47. The number of carbonyl (C=O) groups excluding carboxylic acids is 1. The Bertz CT molecular complexity index is 636. The highest BCUT2D eigenvalue weighted by atomic mass is 32.1. The van der Waals surface area contributed by atoms with Crippen molar-refractivity contribution >= 4 is 22.9 Å². The van der Waals surface area contributed by atoms with Gasteiger partial charge in [-0.05, 0) is 36.4 Å². The van der Waals surface area contributed by atoms with Crippen LogP contribution >= 0.6 is 11.3 Å². The number of hydrogen-bond acceptors (Lipinski definition) is 4. The van der Waals surface area contributed by atoms with E-state index >= 15 is 0 Å². The third-order valence-electron chi connectivity index (χ3n) is 3.61. The maximum atomic E-state index is 12.9. The van der Waals surface area contributed by atoms with Gasteiger partial charge in [-0.1, -0.05) is 6.07 Å². The van der Waals surface area contributed by atoms with E-state index in [0.717, 1.165) is 12.8 Å². The van der Waals surface area contributed by atoms with Crippen molar-refractivity contribution in [2.24, 2.45) is 0 Å². The number of thiophene rings is 1. The van der Waals surface area contributed by atoms with Crippen LogP contribution in [0.4, 0.5) is 5.69 Å². The molecule has 1 saturated carbocycles. The number of methoxy groups -OCH3 is 1. The Morgan fingerprint density at radius 1 is 1.43 bits per heavy atom. The number of nitrogens with two attached hydrogens (primary N) is 1. The number of carbonyl (C=O) groups is 1. The van der Waals surface area contributed by atoms with Crippen molar-refractivity contribution in [2.45, 2.75) is 25.4 Å². The summed E-state index contributed by atoms with van der Waals surface area (Å²) in [5, 5.41) is 2.04. The van der Waals surface area contributed by atoms with Crippen LogP contribution in [0.15, 0.2) is 35.7 Å². The summed E-state index contributed by atoms with van der Waals surface area (Å²) in [6, 6.07) is 9.62. The largest absolute Gasteiger partial charge is 0.496 e. The standard InChI is InChI=1S/C16H18N2O2S/c1-20-15-9-11(17)4-7-14(15)16(19)18(12-5-6-12)10-13-3-2-8-21-13/h2-4,7-9,12H,5-6,10,17H2,1H3. The maximum Gasteiger partial charge on any atom is 0.258 e. The highest BCUT2D eigenvalue weighted by Crippen LogP contribution is 2.32. The molecular formula is C16H18N2O2S. The van der Waals surface area contributed by atoms with Gasteiger partial charge in [0.2, 0.25) is 0 Å². The van der Waals surface area contributed by atoms with Crippen molar-refractivity contribution in [1.29, 1.82) is 0 Å². The molecule has 0 bridgehead atoms. The zero-order valence-corrected chi connectivity index (χ0v) is 12.7. The van der Waals surface area contributed by atoms with E-state index in [2.05, 4.69) is 6.07 Å². The number of nitrogen functional groups attached to an aromatic ring is 1. The topological polar surface area (TPSA) is 55.6 Å². The molecule has 1 aliphatic carbocycles. The molecule has 3 rings (SSSR count). The van der Waals surface area contributed by atoms with Crippen LogP contribution in [0, 0.1) is 0 Å². The van der Waals surface area contributed by atoms with E-state index in [1.807, 2.05) is 16.3 Å². The van der Waals surface area contributed by atoms with Gasteiger partial charge in [0.05, 0.1) is 19.2 Å². The zero-order valence-electron chi connectivity index (χ0n) is 11.9. The second-order valence-corrected chi connectivity index (χ2v) is 6.24. The number of amides is 1. The van der Waals surface area contributed by atoms with Gasteiger partial charge in [0.15, 0.2) is 0 Å². The molecule has 0 spiro atoms. The summed E-state index contributed by atoms with van der Waals surface area (Å²) in [5.41, 5.74) is 6.93. The average Bonchev–Trinajstić information content (AvgIpc) is 3.20.